The predicted octanol–water partition coefficient (Wildman–Crippen LogP) is 3.95. The summed E-state index contributed by atoms with van der Waals surface area (Å²) < 4.78 is 5.71. The Morgan fingerprint density at radius 2 is 1.86 bits per heavy atom. The third-order valence-corrected chi connectivity index (χ3v) is 6.27. The average Bonchev–Trinajstić information content (AvgIpc) is 3.39. The summed E-state index contributed by atoms with van der Waals surface area (Å²) in [5.74, 6) is 0. The minimum atomic E-state index is -0.302. The van der Waals surface area contributed by atoms with Gasteiger partial charge >= 0.3 is 6.09 Å². The fourth-order valence-corrected chi connectivity index (χ4v) is 4.22. The molecule has 0 spiro atoms. The van der Waals surface area contributed by atoms with E-state index in [1.807, 2.05) is 29.2 Å². The summed E-state index contributed by atoms with van der Waals surface area (Å²) in [6.07, 6.45) is 2.04. The van der Waals surface area contributed by atoms with Gasteiger partial charge in [-0.25, -0.2) is 4.79 Å². The van der Waals surface area contributed by atoms with E-state index in [1.54, 1.807) is 0 Å². The summed E-state index contributed by atoms with van der Waals surface area (Å²) in [5, 5.41) is 0. The zero-order valence-corrected chi connectivity index (χ0v) is 17.5. The molecule has 0 bridgehead atoms. The lowest BCUT2D eigenvalue weighted by Crippen LogP contribution is -2.41. The van der Waals surface area contributed by atoms with Crippen LogP contribution < -0.4 is 11.5 Å². The monoisotopic (exact) mass is 393 g/mol. The van der Waals surface area contributed by atoms with E-state index in [0.717, 1.165) is 24.1 Å². The highest BCUT2D eigenvalue weighted by Gasteiger charge is 2.56. The second-order valence-corrected chi connectivity index (χ2v) is 9.50. The number of cyclic esters (lactones) is 1. The van der Waals surface area contributed by atoms with Gasteiger partial charge in [0.1, 0.15) is 6.10 Å². The first kappa shape index (κ1) is 19.8. The van der Waals surface area contributed by atoms with Crippen LogP contribution in [-0.2, 0) is 22.1 Å². The molecule has 2 fully saturated rings. The summed E-state index contributed by atoms with van der Waals surface area (Å²) in [6.45, 7) is 7.17. The number of benzene rings is 2. The summed E-state index contributed by atoms with van der Waals surface area (Å²) in [4.78, 5) is 14.7. The van der Waals surface area contributed by atoms with Gasteiger partial charge in [0.05, 0.1) is 12.1 Å². The van der Waals surface area contributed by atoms with Crippen LogP contribution in [0.3, 0.4) is 0 Å². The Morgan fingerprint density at radius 1 is 1.17 bits per heavy atom. The number of carbonyl (C=O) groups excluding carboxylic acids is 1. The van der Waals surface area contributed by atoms with Crippen LogP contribution in [0.15, 0.2) is 48.5 Å². The molecule has 154 valence electrons. The maximum atomic E-state index is 12.8. The Balaban J connectivity index is 1.50. The molecule has 4 rings (SSSR count). The van der Waals surface area contributed by atoms with Gasteiger partial charge in [-0.05, 0) is 53.5 Å². The van der Waals surface area contributed by atoms with Gasteiger partial charge in [0.2, 0.25) is 0 Å². The van der Waals surface area contributed by atoms with Gasteiger partial charge in [-0.15, -0.1) is 0 Å². The van der Waals surface area contributed by atoms with Crippen LogP contribution in [0.4, 0.5) is 10.5 Å². The zero-order valence-electron chi connectivity index (χ0n) is 17.5. The maximum absolute atomic E-state index is 12.8. The molecule has 2 aromatic rings. The van der Waals surface area contributed by atoms with Crippen molar-refractivity contribution in [1.82, 2.24) is 4.90 Å². The Kier molecular flexibility index (Phi) is 4.82. The number of hydrogen-bond acceptors (Lipinski definition) is 4. The predicted molar refractivity (Wildman–Crippen MR) is 116 cm³/mol. The van der Waals surface area contributed by atoms with Crippen LogP contribution in [0.5, 0.6) is 0 Å². The van der Waals surface area contributed by atoms with E-state index in [-0.39, 0.29) is 29.2 Å². The van der Waals surface area contributed by atoms with E-state index < -0.39 is 0 Å². The molecule has 2 atom stereocenters. The summed E-state index contributed by atoms with van der Waals surface area (Å²) in [5.41, 5.74) is 16.3. The third kappa shape index (κ3) is 3.84. The molecule has 0 radical (unpaired) electrons. The smallest absolute Gasteiger partial charge is 0.411 e. The van der Waals surface area contributed by atoms with Gasteiger partial charge < -0.3 is 16.2 Å². The number of ether oxygens (including phenoxy) is 1. The van der Waals surface area contributed by atoms with E-state index in [4.69, 9.17) is 16.2 Å². The topological polar surface area (TPSA) is 81.6 Å². The van der Waals surface area contributed by atoms with Crippen LogP contribution in [0.1, 0.15) is 50.3 Å². The van der Waals surface area contributed by atoms with Crippen molar-refractivity contribution in [2.75, 3.05) is 12.3 Å². The second-order valence-electron chi connectivity index (χ2n) is 9.50. The van der Waals surface area contributed by atoms with Gasteiger partial charge in [0, 0.05) is 11.7 Å². The van der Waals surface area contributed by atoms with E-state index in [2.05, 4.69) is 45.0 Å². The number of nitrogens with zero attached hydrogens (tertiary/aromatic N) is 1. The highest BCUT2D eigenvalue weighted by molar-refractivity contribution is 5.72. The van der Waals surface area contributed by atoms with Crippen LogP contribution in [0.2, 0.25) is 0 Å². The lowest BCUT2D eigenvalue weighted by Gasteiger charge is -2.28. The standard InChI is InChI=1S/C24H31N3O2/c1-23(2,3)17-5-4-6-18(14-17)24(11-12-24)27-15-21(29-22(27)28)20(26)13-16-7-9-19(25)10-8-16/h4-10,14,20-21H,11-13,15,25-26H2,1-3H3/t20-,21+/m0/s1. The van der Waals surface area contributed by atoms with E-state index in [9.17, 15) is 4.79 Å². The minimum absolute atomic E-state index is 0.0710. The van der Waals surface area contributed by atoms with Crippen LogP contribution >= 0.6 is 0 Å². The van der Waals surface area contributed by atoms with Crippen molar-refractivity contribution in [3.63, 3.8) is 0 Å². The molecule has 2 aromatic carbocycles. The molecule has 1 saturated carbocycles. The van der Waals surface area contributed by atoms with Crippen molar-refractivity contribution in [3.05, 3.63) is 65.2 Å². The highest BCUT2D eigenvalue weighted by Crippen LogP contribution is 2.53. The molecule has 29 heavy (non-hydrogen) atoms. The van der Waals surface area contributed by atoms with E-state index >= 15 is 0 Å². The number of rotatable bonds is 5. The fraction of sp³-hybridized carbons (Fsp3) is 0.458. The van der Waals surface area contributed by atoms with Crippen molar-refractivity contribution < 1.29 is 9.53 Å². The van der Waals surface area contributed by atoms with Gasteiger partial charge in [0.15, 0.2) is 0 Å². The third-order valence-electron chi connectivity index (χ3n) is 6.27. The number of anilines is 1. The summed E-state index contributed by atoms with van der Waals surface area (Å²) in [7, 11) is 0. The summed E-state index contributed by atoms with van der Waals surface area (Å²) >= 11 is 0. The normalized spacial score (nSPS) is 21.7. The number of hydrogen-bond donors (Lipinski definition) is 2. The maximum Gasteiger partial charge on any atom is 0.411 e. The fourth-order valence-electron chi connectivity index (χ4n) is 4.22. The first-order valence-corrected chi connectivity index (χ1v) is 10.4. The molecule has 1 heterocycles. The zero-order chi connectivity index (χ0) is 20.8. The molecular formula is C24H31N3O2. The molecule has 2 aliphatic rings. The molecule has 1 aliphatic heterocycles. The van der Waals surface area contributed by atoms with E-state index in [1.165, 1.54) is 11.1 Å². The second kappa shape index (κ2) is 7.06. The number of carbonyl (C=O) groups is 1. The molecule has 4 N–H and O–H groups in total. The largest absolute Gasteiger partial charge is 0.443 e. The first-order chi connectivity index (χ1) is 13.7. The van der Waals surface area contributed by atoms with Crippen molar-refractivity contribution in [3.8, 4) is 0 Å². The lowest BCUT2D eigenvalue weighted by molar-refractivity contribution is 0.116. The number of nitrogens with two attached hydrogens (primary N) is 2. The average molecular weight is 394 g/mol. The molecule has 1 saturated heterocycles. The van der Waals surface area contributed by atoms with Crippen molar-refractivity contribution in [2.45, 2.75) is 63.1 Å². The van der Waals surface area contributed by atoms with Crippen LogP contribution in [0.25, 0.3) is 0 Å². The number of amides is 1. The minimum Gasteiger partial charge on any atom is -0.443 e. The molecule has 0 aromatic heterocycles. The van der Waals surface area contributed by atoms with Gasteiger partial charge in [-0.2, -0.15) is 0 Å². The molecule has 1 aliphatic carbocycles. The molecule has 0 unspecified atom stereocenters. The Labute approximate surface area is 173 Å². The Hall–Kier alpha value is -2.53. The molecular weight excluding hydrogens is 362 g/mol. The molecule has 5 heteroatoms. The lowest BCUT2D eigenvalue weighted by atomic mass is 9.85. The van der Waals surface area contributed by atoms with Crippen LogP contribution in [-0.4, -0.2) is 29.7 Å². The SMILES string of the molecule is CC(C)(C)c1cccc(C2(N3C[C@H]([C@@H](N)Cc4ccc(N)cc4)OC3=O)CC2)c1. The van der Waals surface area contributed by atoms with Crippen molar-refractivity contribution >= 4 is 11.8 Å². The van der Waals surface area contributed by atoms with E-state index in [0.29, 0.717) is 13.0 Å². The van der Waals surface area contributed by atoms with Crippen molar-refractivity contribution in [1.29, 1.82) is 0 Å². The molecule has 1 amide bonds. The quantitative estimate of drug-likeness (QED) is 0.754. The summed E-state index contributed by atoms with van der Waals surface area (Å²) in [6, 6.07) is 16.1. The molecule has 5 nitrogen and oxygen atoms in total. The first-order valence-electron chi connectivity index (χ1n) is 10.4. The number of nitrogen functional groups attached to an aromatic ring is 1. The highest BCUT2D eigenvalue weighted by atomic mass is 16.6. The van der Waals surface area contributed by atoms with Crippen molar-refractivity contribution in [2.24, 2.45) is 5.73 Å². The van der Waals surface area contributed by atoms with Gasteiger partial charge in [0.25, 0.3) is 0 Å². The van der Waals surface area contributed by atoms with Gasteiger partial charge in [-0.1, -0.05) is 57.2 Å². The Bertz CT molecular complexity index is 897. The van der Waals surface area contributed by atoms with Crippen LogP contribution in [0, 0.1) is 0 Å². The van der Waals surface area contributed by atoms with Gasteiger partial charge in [-0.3, -0.25) is 4.90 Å². The Morgan fingerprint density at radius 3 is 2.48 bits per heavy atom.